The van der Waals surface area contributed by atoms with Gasteiger partial charge in [0.15, 0.2) is 4.34 Å². The van der Waals surface area contributed by atoms with Crippen LogP contribution in [0.15, 0.2) is 10.4 Å². The highest BCUT2D eigenvalue weighted by Gasteiger charge is 2.24. The number of carbonyl (C=O) groups excluding carboxylic acids is 2. The smallest absolute Gasteiger partial charge is 0.350 e. The molecule has 9 nitrogen and oxygen atoms in total. The van der Waals surface area contributed by atoms with Gasteiger partial charge in [0.05, 0.1) is 31.3 Å². The number of hydrogen-bond donors (Lipinski definition) is 1. The summed E-state index contributed by atoms with van der Waals surface area (Å²) >= 11 is 4.01. The summed E-state index contributed by atoms with van der Waals surface area (Å²) in [6.07, 6.45) is 0. The van der Waals surface area contributed by atoms with E-state index in [-0.39, 0.29) is 18.3 Å². The molecule has 3 aromatic rings. The lowest BCUT2D eigenvalue weighted by Crippen LogP contribution is -2.36. The summed E-state index contributed by atoms with van der Waals surface area (Å²) in [6, 6.07) is 1.93. The van der Waals surface area contributed by atoms with Crippen LogP contribution in [0.5, 0.6) is 0 Å². The minimum atomic E-state index is -0.463. The second-order valence-corrected chi connectivity index (χ2v) is 10.3. The number of anilines is 2. The molecular formula is C20H23N5O4S3. The van der Waals surface area contributed by atoms with Crippen LogP contribution in [-0.4, -0.2) is 65.7 Å². The molecule has 1 aliphatic rings. The van der Waals surface area contributed by atoms with Gasteiger partial charge in [0.2, 0.25) is 11.0 Å². The molecule has 0 aliphatic carbocycles. The largest absolute Gasteiger partial charge is 0.462 e. The van der Waals surface area contributed by atoms with Crippen molar-refractivity contribution in [3.05, 3.63) is 22.2 Å². The number of morpholine rings is 1. The number of nitrogens with zero attached hydrogens (tertiary/aromatic N) is 4. The van der Waals surface area contributed by atoms with Crippen LogP contribution >= 0.6 is 34.4 Å². The average Bonchev–Trinajstić information content (AvgIpc) is 3.38. The molecule has 12 heteroatoms. The number of aryl methyl sites for hydroxylation is 2. The quantitative estimate of drug-likeness (QED) is 0.391. The molecule has 3 aromatic heterocycles. The van der Waals surface area contributed by atoms with E-state index in [0.717, 1.165) is 39.2 Å². The molecule has 170 valence electrons. The van der Waals surface area contributed by atoms with Crippen LogP contribution in [0, 0.1) is 13.8 Å². The first-order valence-corrected chi connectivity index (χ1v) is 12.7. The minimum absolute atomic E-state index is 0.148. The Morgan fingerprint density at radius 1 is 1.25 bits per heavy atom. The number of hydrogen-bond acceptors (Lipinski definition) is 11. The standard InChI is InChI=1S/C20H23N5O4S3/c1-4-29-18(27)16-15(14-11(2)9-12(3)21-17(14)31-16)22-13(26)10-30-20-24-23-19(32-20)25-5-7-28-8-6-25/h9H,4-8,10H2,1-3H3,(H,22,26). The number of aromatic nitrogens is 3. The first-order valence-electron chi connectivity index (χ1n) is 10.1. The van der Waals surface area contributed by atoms with E-state index in [4.69, 9.17) is 9.47 Å². The number of ether oxygens (including phenoxy) is 2. The van der Waals surface area contributed by atoms with Gasteiger partial charge in [-0.15, -0.1) is 21.5 Å². The molecule has 4 rings (SSSR count). The van der Waals surface area contributed by atoms with Crippen molar-refractivity contribution in [1.29, 1.82) is 0 Å². The van der Waals surface area contributed by atoms with Gasteiger partial charge in [-0.2, -0.15) is 0 Å². The Balaban J connectivity index is 1.49. The Hall–Kier alpha value is -2.28. The molecular weight excluding hydrogens is 470 g/mol. The lowest BCUT2D eigenvalue weighted by Gasteiger charge is -2.25. The molecule has 0 radical (unpaired) electrons. The number of fused-ring (bicyclic) bond motifs is 1. The maximum atomic E-state index is 12.8. The van der Waals surface area contributed by atoms with Gasteiger partial charge in [-0.3, -0.25) is 4.79 Å². The summed E-state index contributed by atoms with van der Waals surface area (Å²) in [5.74, 6) is -0.548. The number of pyridine rings is 1. The summed E-state index contributed by atoms with van der Waals surface area (Å²) in [7, 11) is 0. The summed E-state index contributed by atoms with van der Waals surface area (Å²) in [5.41, 5.74) is 2.26. The number of carbonyl (C=O) groups is 2. The molecule has 0 bridgehead atoms. The van der Waals surface area contributed by atoms with Gasteiger partial charge in [-0.25, -0.2) is 9.78 Å². The molecule has 0 atom stereocenters. The maximum absolute atomic E-state index is 12.8. The van der Waals surface area contributed by atoms with E-state index < -0.39 is 5.97 Å². The molecule has 1 N–H and O–H groups in total. The van der Waals surface area contributed by atoms with Crippen molar-refractivity contribution in [1.82, 2.24) is 15.2 Å². The van der Waals surface area contributed by atoms with Crippen molar-refractivity contribution in [2.45, 2.75) is 25.1 Å². The predicted octanol–water partition coefficient (Wildman–Crippen LogP) is 3.51. The molecule has 1 fully saturated rings. The van der Waals surface area contributed by atoms with Crippen molar-refractivity contribution < 1.29 is 19.1 Å². The van der Waals surface area contributed by atoms with Crippen molar-refractivity contribution >= 4 is 67.3 Å². The number of nitrogens with one attached hydrogen (secondary N) is 1. The van der Waals surface area contributed by atoms with Crippen LogP contribution in [0.4, 0.5) is 10.8 Å². The Kier molecular flexibility index (Phi) is 7.23. The van der Waals surface area contributed by atoms with Crippen LogP contribution in [0.2, 0.25) is 0 Å². The Labute approximate surface area is 197 Å². The van der Waals surface area contributed by atoms with Gasteiger partial charge in [-0.1, -0.05) is 23.1 Å². The predicted molar refractivity (Wildman–Crippen MR) is 127 cm³/mol. The third kappa shape index (κ3) is 5.03. The number of thioether (sulfide) groups is 1. The molecule has 0 unspecified atom stereocenters. The fourth-order valence-corrected chi connectivity index (χ4v) is 6.19. The molecule has 1 saturated heterocycles. The van der Waals surface area contributed by atoms with Gasteiger partial charge in [0.1, 0.15) is 9.71 Å². The molecule has 0 saturated carbocycles. The monoisotopic (exact) mass is 493 g/mol. The van der Waals surface area contributed by atoms with E-state index in [1.165, 1.54) is 34.4 Å². The Morgan fingerprint density at radius 3 is 2.78 bits per heavy atom. The van der Waals surface area contributed by atoms with Gasteiger partial charge in [0.25, 0.3) is 0 Å². The van der Waals surface area contributed by atoms with Gasteiger partial charge in [0, 0.05) is 24.2 Å². The van der Waals surface area contributed by atoms with Gasteiger partial charge in [-0.05, 0) is 32.4 Å². The molecule has 1 aliphatic heterocycles. The molecule has 1 amide bonds. The van der Waals surface area contributed by atoms with Crippen molar-refractivity contribution in [2.75, 3.05) is 48.9 Å². The zero-order chi connectivity index (χ0) is 22.7. The highest BCUT2D eigenvalue weighted by atomic mass is 32.2. The number of rotatable bonds is 7. The number of amides is 1. The fraction of sp³-hybridized carbons (Fsp3) is 0.450. The number of esters is 1. The SMILES string of the molecule is CCOC(=O)c1sc2nc(C)cc(C)c2c1NC(=O)CSc1nnc(N2CCOCC2)s1. The van der Waals surface area contributed by atoms with Gasteiger partial charge >= 0.3 is 5.97 Å². The fourth-order valence-electron chi connectivity index (χ4n) is 3.35. The molecule has 0 aromatic carbocycles. The zero-order valence-corrected chi connectivity index (χ0v) is 20.4. The lowest BCUT2D eigenvalue weighted by atomic mass is 10.1. The topological polar surface area (TPSA) is 107 Å². The van der Waals surface area contributed by atoms with E-state index in [2.05, 4.69) is 25.4 Å². The normalized spacial score (nSPS) is 14.0. The van der Waals surface area contributed by atoms with Crippen molar-refractivity contribution in [3.8, 4) is 0 Å². The molecule has 4 heterocycles. The van der Waals surface area contributed by atoms with E-state index in [9.17, 15) is 9.59 Å². The summed E-state index contributed by atoms with van der Waals surface area (Å²) in [4.78, 5) is 33.0. The highest BCUT2D eigenvalue weighted by molar-refractivity contribution is 8.01. The minimum Gasteiger partial charge on any atom is -0.462 e. The maximum Gasteiger partial charge on any atom is 0.350 e. The third-order valence-electron chi connectivity index (χ3n) is 4.72. The second-order valence-electron chi connectivity index (χ2n) is 7.07. The third-order valence-corrected chi connectivity index (χ3v) is 7.90. The van der Waals surface area contributed by atoms with Crippen LogP contribution < -0.4 is 10.2 Å². The van der Waals surface area contributed by atoms with Crippen LogP contribution in [0.3, 0.4) is 0 Å². The summed E-state index contributed by atoms with van der Waals surface area (Å²) < 4.78 is 11.3. The van der Waals surface area contributed by atoms with Gasteiger partial charge < -0.3 is 19.7 Å². The van der Waals surface area contributed by atoms with Crippen molar-refractivity contribution in [3.63, 3.8) is 0 Å². The zero-order valence-electron chi connectivity index (χ0n) is 18.0. The van der Waals surface area contributed by atoms with Crippen LogP contribution in [0.1, 0.15) is 27.9 Å². The van der Waals surface area contributed by atoms with Crippen molar-refractivity contribution in [2.24, 2.45) is 0 Å². The molecule has 0 spiro atoms. The lowest BCUT2D eigenvalue weighted by molar-refractivity contribution is -0.113. The summed E-state index contributed by atoms with van der Waals surface area (Å²) in [6.45, 7) is 8.77. The number of thiophene rings is 1. The average molecular weight is 494 g/mol. The van der Waals surface area contributed by atoms with Crippen LogP contribution in [-0.2, 0) is 14.3 Å². The Morgan fingerprint density at radius 2 is 2.03 bits per heavy atom. The Bertz CT molecular complexity index is 1140. The van der Waals surface area contributed by atoms with E-state index in [1.807, 2.05) is 19.9 Å². The van der Waals surface area contributed by atoms with E-state index in [1.54, 1.807) is 6.92 Å². The molecule has 32 heavy (non-hydrogen) atoms. The summed E-state index contributed by atoms with van der Waals surface area (Å²) in [5, 5.41) is 12.9. The first-order chi connectivity index (χ1) is 15.5. The van der Waals surface area contributed by atoms with E-state index in [0.29, 0.717) is 28.6 Å². The van der Waals surface area contributed by atoms with Crippen LogP contribution in [0.25, 0.3) is 10.2 Å². The first kappa shape index (κ1) is 22.9. The highest BCUT2D eigenvalue weighted by Crippen LogP contribution is 2.38. The van der Waals surface area contributed by atoms with E-state index >= 15 is 0 Å². The second kappa shape index (κ2) is 10.1.